The standard InChI is InChI=1S/C32H26F2N6O4/c1-17-8-9-19(36-31(44)22-5-2-4-18-12-13-35-27(18)22)14-23(17)28-21-10-11-26(43)40(29-24(33)6-3-7-25(29)34)30(21)39-32(38-28)37-20(15-41)16-42/h2-14,20,35,41-42H,15-16H2,1H3,(H,36,44)(H,37,38,39). The van der Waals surface area contributed by atoms with Crippen LogP contribution >= 0.6 is 0 Å². The molecule has 0 aliphatic heterocycles. The Kier molecular flexibility index (Phi) is 7.60. The highest BCUT2D eigenvalue weighted by Gasteiger charge is 2.22. The Morgan fingerprint density at radius 3 is 2.48 bits per heavy atom. The first-order valence-electron chi connectivity index (χ1n) is 13.6. The fraction of sp³-hybridized carbons (Fsp3) is 0.125. The molecule has 6 rings (SSSR count). The molecule has 0 radical (unpaired) electrons. The number of aromatic nitrogens is 4. The average molecular weight is 597 g/mol. The van der Waals surface area contributed by atoms with Gasteiger partial charge in [-0.2, -0.15) is 4.98 Å². The maximum Gasteiger partial charge on any atom is 0.257 e. The van der Waals surface area contributed by atoms with E-state index in [2.05, 4.69) is 25.6 Å². The molecule has 12 heteroatoms. The molecule has 0 saturated heterocycles. The number of nitrogens with one attached hydrogen (secondary N) is 3. The van der Waals surface area contributed by atoms with Gasteiger partial charge in [0.15, 0.2) is 5.65 Å². The summed E-state index contributed by atoms with van der Waals surface area (Å²) < 4.78 is 30.8. The summed E-state index contributed by atoms with van der Waals surface area (Å²) in [5.74, 6) is -2.41. The van der Waals surface area contributed by atoms with Gasteiger partial charge in [0, 0.05) is 34.3 Å². The maximum atomic E-state index is 15.0. The summed E-state index contributed by atoms with van der Waals surface area (Å²) >= 11 is 0. The number of H-pyrrole nitrogens is 1. The molecule has 3 aromatic carbocycles. The summed E-state index contributed by atoms with van der Waals surface area (Å²) in [6, 6.07) is 17.5. The van der Waals surface area contributed by atoms with Gasteiger partial charge in [0.1, 0.15) is 17.3 Å². The molecule has 0 aliphatic carbocycles. The number of para-hydroxylation sites is 2. The van der Waals surface area contributed by atoms with Gasteiger partial charge in [-0.1, -0.05) is 24.3 Å². The fourth-order valence-corrected chi connectivity index (χ4v) is 5.06. The van der Waals surface area contributed by atoms with Crippen molar-refractivity contribution in [1.82, 2.24) is 19.5 Å². The highest BCUT2D eigenvalue weighted by Crippen LogP contribution is 2.33. The Hall–Kier alpha value is -5.46. The first-order valence-corrected chi connectivity index (χ1v) is 13.6. The molecule has 0 saturated carbocycles. The van der Waals surface area contributed by atoms with Gasteiger partial charge in [-0.25, -0.2) is 13.8 Å². The third-order valence-corrected chi connectivity index (χ3v) is 7.27. The zero-order valence-corrected chi connectivity index (χ0v) is 23.3. The van der Waals surface area contributed by atoms with Crippen LogP contribution in [0.25, 0.3) is 38.9 Å². The number of aromatic amines is 1. The zero-order valence-electron chi connectivity index (χ0n) is 23.3. The van der Waals surface area contributed by atoms with Crippen LogP contribution in [-0.2, 0) is 0 Å². The molecule has 0 spiro atoms. The van der Waals surface area contributed by atoms with Crippen molar-refractivity contribution in [3.8, 4) is 16.9 Å². The molecule has 1 amide bonds. The quantitative estimate of drug-likeness (QED) is 0.174. The van der Waals surface area contributed by atoms with E-state index in [1.54, 1.807) is 36.5 Å². The second kappa shape index (κ2) is 11.7. The number of carbonyl (C=O) groups excluding carboxylic acids is 1. The second-order valence-corrected chi connectivity index (χ2v) is 10.1. The van der Waals surface area contributed by atoms with Gasteiger partial charge < -0.3 is 25.8 Å². The number of rotatable bonds is 8. The molecule has 0 aliphatic rings. The van der Waals surface area contributed by atoms with Crippen molar-refractivity contribution in [3.63, 3.8) is 0 Å². The summed E-state index contributed by atoms with van der Waals surface area (Å²) in [5, 5.41) is 26.2. The number of anilines is 2. The molecule has 0 atom stereocenters. The van der Waals surface area contributed by atoms with Gasteiger partial charge >= 0.3 is 0 Å². The van der Waals surface area contributed by atoms with Crippen LogP contribution in [0.1, 0.15) is 15.9 Å². The molecule has 10 nitrogen and oxygen atoms in total. The van der Waals surface area contributed by atoms with Crippen LogP contribution in [0.15, 0.2) is 83.8 Å². The van der Waals surface area contributed by atoms with E-state index in [0.29, 0.717) is 22.3 Å². The first kappa shape index (κ1) is 28.6. The fourth-order valence-electron chi connectivity index (χ4n) is 5.06. The van der Waals surface area contributed by atoms with Crippen LogP contribution in [0.3, 0.4) is 0 Å². The summed E-state index contributed by atoms with van der Waals surface area (Å²) in [6.07, 6.45) is 1.75. The summed E-state index contributed by atoms with van der Waals surface area (Å²) in [4.78, 5) is 38.5. The summed E-state index contributed by atoms with van der Waals surface area (Å²) in [7, 11) is 0. The topological polar surface area (TPSA) is 145 Å². The van der Waals surface area contributed by atoms with E-state index >= 15 is 0 Å². The smallest absolute Gasteiger partial charge is 0.257 e. The maximum absolute atomic E-state index is 15.0. The largest absolute Gasteiger partial charge is 0.394 e. The predicted octanol–water partition coefficient (Wildman–Crippen LogP) is 4.53. The van der Waals surface area contributed by atoms with Crippen molar-refractivity contribution in [2.24, 2.45) is 0 Å². The lowest BCUT2D eigenvalue weighted by molar-refractivity contribution is 0.102. The summed E-state index contributed by atoms with van der Waals surface area (Å²) in [5.41, 5.74) is 1.64. The Balaban J connectivity index is 1.53. The van der Waals surface area contributed by atoms with E-state index in [0.717, 1.165) is 33.7 Å². The molecule has 44 heavy (non-hydrogen) atoms. The average Bonchev–Trinajstić information content (AvgIpc) is 3.50. The van der Waals surface area contributed by atoms with Gasteiger partial charge in [-0.15, -0.1) is 0 Å². The van der Waals surface area contributed by atoms with E-state index in [4.69, 9.17) is 0 Å². The van der Waals surface area contributed by atoms with E-state index in [1.807, 2.05) is 19.1 Å². The molecule has 0 unspecified atom stereocenters. The van der Waals surface area contributed by atoms with Crippen molar-refractivity contribution in [3.05, 3.63) is 112 Å². The lowest BCUT2D eigenvalue weighted by Gasteiger charge is -2.18. The minimum absolute atomic E-state index is 0.107. The van der Waals surface area contributed by atoms with Crippen molar-refractivity contribution in [1.29, 1.82) is 0 Å². The molecule has 5 N–H and O–H groups in total. The normalized spacial score (nSPS) is 11.4. The molecule has 0 fully saturated rings. The highest BCUT2D eigenvalue weighted by molar-refractivity contribution is 6.12. The number of amides is 1. The molecule has 222 valence electrons. The predicted molar refractivity (Wildman–Crippen MR) is 163 cm³/mol. The number of nitrogens with zero attached hydrogens (tertiary/aromatic N) is 3. The Labute approximate surface area is 248 Å². The molecule has 3 heterocycles. The van der Waals surface area contributed by atoms with Gasteiger partial charge in [0.05, 0.1) is 36.0 Å². The van der Waals surface area contributed by atoms with Gasteiger partial charge in [0.2, 0.25) is 5.95 Å². The number of aliphatic hydroxyl groups excluding tert-OH is 2. The highest BCUT2D eigenvalue weighted by atomic mass is 19.1. The summed E-state index contributed by atoms with van der Waals surface area (Å²) in [6.45, 7) is 0.883. The third kappa shape index (κ3) is 5.16. The Morgan fingerprint density at radius 2 is 1.73 bits per heavy atom. The lowest BCUT2D eigenvalue weighted by atomic mass is 10.0. The van der Waals surface area contributed by atoms with Crippen LogP contribution < -0.4 is 16.2 Å². The third-order valence-electron chi connectivity index (χ3n) is 7.27. The first-order chi connectivity index (χ1) is 21.3. The minimum atomic E-state index is -0.976. The molecular formula is C32H26F2N6O4. The van der Waals surface area contributed by atoms with Crippen LogP contribution in [0.2, 0.25) is 0 Å². The number of aryl methyl sites for hydroxylation is 1. The number of aliphatic hydroxyl groups is 2. The number of pyridine rings is 1. The molecular weight excluding hydrogens is 570 g/mol. The lowest BCUT2D eigenvalue weighted by Crippen LogP contribution is -2.29. The Bertz CT molecular complexity index is 2090. The number of hydrogen-bond donors (Lipinski definition) is 5. The van der Waals surface area contributed by atoms with Gasteiger partial charge in [0.25, 0.3) is 11.5 Å². The number of fused-ring (bicyclic) bond motifs is 2. The van der Waals surface area contributed by atoms with E-state index < -0.39 is 42.1 Å². The Morgan fingerprint density at radius 1 is 0.977 bits per heavy atom. The molecule has 6 aromatic rings. The van der Waals surface area contributed by atoms with Crippen LogP contribution in [-0.4, -0.2) is 54.9 Å². The monoisotopic (exact) mass is 596 g/mol. The van der Waals surface area contributed by atoms with Crippen LogP contribution in [0.4, 0.5) is 20.4 Å². The van der Waals surface area contributed by atoms with E-state index in [1.165, 1.54) is 12.1 Å². The minimum Gasteiger partial charge on any atom is -0.394 e. The van der Waals surface area contributed by atoms with E-state index in [9.17, 15) is 28.6 Å². The molecule has 0 bridgehead atoms. The second-order valence-electron chi connectivity index (χ2n) is 10.1. The van der Waals surface area contributed by atoms with Crippen LogP contribution in [0, 0.1) is 18.6 Å². The van der Waals surface area contributed by atoms with Crippen molar-refractivity contribution >= 4 is 39.5 Å². The van der Waals surface area contributed by atoms with Crippen molar-refractivity contribution in [2.45, 2.75) is 13.0 Å². The number of benzene rings is 3. The van der Waals surface area contributed by atoms with Crippen LogP contribution in [0.5, 0.6) is 0 Å². The SMILES string of the molecule is Cc1ccc(NC(=O)c2cccc3cc[nH]c23)cc1-c1nc(NC(CO)CO)nc2c1ccc(=O)n2-c1c(F)cccc1F. The van der Waals surface area contributed by atoms with E-state index in [-0.39, 0.29) is 28.6 Å². The number of carbonyl (C=O) groups is 1. The van der Waals surface area contributed by atoms with Crippen molar-refractivity contribution < 1.29 is 23.8 Å². The van der Waals surface area contributed by atoms with Gasteiger partial charge in [-0.3, -0.25) is 14.2 Å². The number of hydrogen-bond acceptors (Lipinski definition) is 7. The zero-order chi connectivity index (χ0) is 31.0. The van der Waals surface area contributed by atoms with Gasteiger partial charge in [-0.05, 0) is 55.0 Å². The number of halogens is 2. The molecule has 3 aromatic heterocycles. The van der Waals surface area contributed by atoms with Crippen molar-refractivity contribution in [2.75, 3.05) is 23.8 Å².